The largest absolute Gasteiger partial charge is 0.453 e. The summed E-state index contributed by atoms with van der Waals surface area (Å²) < 4.78 is 7.60. The molecular formula is C14H15BrClNO7. The van der Waals surface area contributed by atoms with E-state index in [2.05, 4.69) is 20.9 Å². The van der Waals surface area contributed by atoms with Gasteiger partial charge in [-0.2, -0.15) is 0 Å². The van der Waals surface area contributed by atoms with Crippen LogP contribution in [-0.2, 0) is 4.74 Å². The molecule has 0 aliphatic carbocycles. The molecule has 0 unspecified atom stereocenters. The van der Waals surface area contributed by atoms with Gasteiger partial charge in [0.05, 0.1) is 6.61 Å². The van der Waals surface area contributed by atoms with Gasteiger partial charge in [0.15, 0.2) is 12.4 Å². The zero-order chi connectivity index (χ0) is 17.8. The number of fused-ring (bicyclic) bond motifs is 1. The van der Waals surface area contributed by atoms with E-state index in [0.717, 1.165) is 0 Å². The van der Waals surface area contributed by atoms with E-state index < -0.39 is 34.4 Å². The van der Waals surface area contributed by atoms with E-state index in [1.54, 1.807) is 24.3 Å². The van der Waals surface area contributed by atoms with Crippen LogP contribution in [0.2, 0.25) is 0 Å². The predicted octanol–water partition coefficient (Wildman–Crippen LogP) is -0.0443. The first-order chi connectivity index (χ1) is 11.2. The monoisotopic (exact) mass is 423 g/mol. The highest BCUT2D eigenvalue weighted by molar-refractivity contribution is 9.10. The molecule has 132 valence electrons. The standard InChI is InChI=1S/C14H15BrClNO7/c15-14(22)12(16,6-18)24-11(20)10(19)13(14,21)23-9-5-17-8-4-2-1-3-7(8)9/h1-5,10-11,17-22H,6H2/t10-,11-,12+,13-,14-/m0/s1. The number of aromatic amines is 1. The maximum atomic E-state index is 10.8. The number of H-pyrrole nitrogens is 1. The lowest BCUT2D eigenvalue weighted by atomic mass is 9.94. The lowest BCUT2D eigenvalue weighted by Crippen LogP contribution is -2.77. The highest BCUT2D eigenvalue weighted by Gasteiger charge is 2.73. The summed E-state index contributed by atoms with van der Waals surface area (Å²) in [6.45, 7) is -1.00. The molecule has 1 aliphatic heterocycles. The molecule has 24 heavy (non-hydrogen) atoms. The lowest BCUT2D eigenvalue weighted by Gasteiger charge is -2.53. The minimum Gasteiger partial charge on any atom is -0.453 e. The number of para-hydroxylation sites is 1. The number of halogens is 2. The van der Waals surface area contributed by atoms with Crippen molar-refractivity contribution in [2.75, 3.05) is 6.61 Å². The third-order valence-corrected chi connectivity index (χ3v) is 5.89. The number of aliphatic hydroxyl groups is 5. The normalized spacial score (nSPS) is 40.0. The molecule has 3 rings (SSSR count). The van der Waals surface area contributed by atoms with E-state index in [-0.39, 0.29) is 5.75 Å². The van der Waals surface area contributed by atoms with Gasteiger partial charge in [0.25, 0.3) is 5.79 Å². The Bertz CT molecular complexity index is 756. The van der Waals surface area contributed by atoms with E-state index >= 15 is 0 Å². The van der Waals surface area contributed by atoms with Gasteiger partial charge in [0, 0.05) is 17.1 Å². The SMILES string of the molecule is OC[C@@]1(Cl)O[C@H](O)[C@H](O)[C@](O)(Oc2c[nH]c3ccccc23)[C@]1(O)Br. The molecule has 1 saturated heterocycles. The molecule has 1 aliphatic rings. The van der Waals surface area contributed by atoms with Crippen LogP contribution >= 0.6 is 27.5 Å². The number of aliphatic hydroxyl groups excluding tert-OH is 3. The highest BCUT2D eigenvalue weighted by atomic mass is 79.9. The van der Waals surface area contributed by atoms with Crippen LogP contribution in [0, 0.1) is 0 Å². The molecule has 0 amide bonds. The van der Waals surface area contributed by atoms with Crippen LogP contribution in [-0.4, -0.2) is 64.9 Å². The molecule has 10 heteroatoms. The summed E-state index contributed by atoms with van der Waals surface area (Å²) in [5.74, 6) is -2.77. The van der Waals surface area contributed by atoms with Crippen LogP contribution in [0.3, 0.4) is 0 Å². The van der Waals surface area contributed by atoms with Crippen molar-refractivity contribution in [2.24, 2.45) is 0 Å². The van der Waals surface area contributed by atoms with Gasteiger partial charge >= 0.3 is 0 Å². The number of benzene rings is 1. The minimum absolute atomic E-state index is 0.0797. The molecule has 0 saturated carbocycles. The number of alkyl halides is 2. The topological polar surface area (TPSA) is 135 Å². The van der Waals surface area contributed by atoms with Gasteiger partial charge in [-0.25, -0.2) is 0 Å². The van der Waals surface area contributed by atoms with Crippen LogP contribution in [0.4, 0.5) is 0 Å². The first kappa shape index (κ1) is 17.9. The quantitative estimate of drug-likeness (QED) is 0.300. The molecule has 1 fully saturated rings. The van der Waals surface area contributed by atoms with Crippen molar-refractivity contribution in [1.82, 2.24) is 4.98 Å². The molecule has 5 atom stereocenters. The smallest absolute Gasteiger partial charge is 0.283 e. The van der Waals surface area contributed by atoms with Gasteiger partial charge in [-0.05, 0) is 28.1 Å². The molecule has 1 aromatic carbocycles. The van der Waals surface area contributed by atoms with Crippen molar-refractivity contribution in [3.8, 4) is 5.75 Å². The van der Waals surface area contributed by atoms with Gasteiger partial charge in [-0.3, -0.25) is 0 Å². The second-order valence-electron chi connectivity index (χ2n) is 5.46. The number of rotatable bonds is 3. The van der Waals surface area contributed by atoms with E-state index in [1.807, 2.05) is 0 Å². The average molecular weight is 425 g/mol. The summed E-state index contributed by atoms with van der Waals surface area (Å²) >= 11 is 8.72. The number of ether oxygens (including phenoxy) is 2. The van der Waals surface area contributed by atoms with Crippen molar-refractivity contribution in [2.45, 2.75) is 27.8 Å². The number of nitrogens with one attached hydrogen (secondary N) is 1. The fourth-order valence-electron chi connectivity index (χ4n) is 2.56. The van der Waals surface area contributed by atoms with Crippen molar-refractivity contribution >= 4 is 38.4 Å². The molecule has 8 nitrogen and oxygen atoms in total. The third kappa shape index (κ3) is 2.36. The third-order valence-electron chi connectivity index (χ3n) is 3.97. The first-order valence-corrected chi connectivity index (χ1v) is 8.06. The van der Waals surface area contributed by atoms with Crippen molar-refractivity contribution in [3.05, 3.63) is 30.5 Å². The van der Waals surface area contributed by atoms with Gasteiger partial charge in [-0.1, -0.05) is 23.7 Å². The Hall–Kier alpha value is -0.910. The van der Waals surface area contributed by atoms with Crippen LogP contribution < -0.4 is 4.74 Å². The zero-order valence-corrected chi connectivity index (χ0v) is 14.4. The predicted molar refractivity (Wildman–Crippen MR) is 86.5 cm³/mol. The van der Waals surface area contributed by atoms with Gasteiger partial charge in [0.1, 0.15) is 5.75 Å². The Morgan fingerprint density at radius 3 is 2.62 bits per heavy atom. The Labute approximate surface area is 149 Å². The second kappa shape index (κ2) is 5.82. The summed E-state index contributed by atoms with van der Waals surface area (Å²) in [4.78, 5) is 2.89. The van der Waals surface area contributed by atoms with Crippen molar-refractivity contribution < 1.29 is 35.0 Å². The molecule has 2 aromatic rings. The second-order valence-corrected chi connectivity index (χ2v) is 7.22. The summed E-state index contributed by atoms with van der Waals surface area (Å²) in [6, 6.07) is 6.93. The lowest BCUT2D eigenvalue weighted by molar-refractivity contribution is -0.390. The summed E-state index contributed by atoms with van der Waals surface area (Å²) in [6.07, 6.45) is -2.73. The van der Waals surface area contributed by atoms with Crippen LogP contribution in [0.1, 0.15) is 0 Å². The van der Waals surface area contributed by atoms with Crippen molar-refractivity contribution in [3.63, 3.8) is 0 Å². The van der Waals surface area contributed by atoms with Crippen LogP contribution in [0.5, 0.6) is 5.75 Å². The maximum absolute atomic E-state index is 10.8. The first-order valence-electron chi connectivity index (χ1n) is 6.89. The van der Waals surface area contributed by atoms with E-state index in [0.29, 0.717) is 10.9 Å². The number of aromatic nitrogens is 1. The minimum atomic E-state index is -2.85. The fraction of sp³-hybridized carbons (Fsp3) is 0.429. The van der Waals surface area contributed by atoms with Crippen LogP contribution in [0.25, 0.3) is 10.9 Å². The van der Waals surface area contributed by atoms with Crippen LogP contribution in [0.15, 0.2) is 30.5 Å². The molecular weight excluding hydrogens is 410 g/mol. The number of hydrogen-bond donors (Lipinski definition) is 6. The fourth-order valence-corrected chi connectivity index (χ4v) is 3.32. The van der Waals surface area contributed by atoms with Gasteiger partial charge in [0.2, 0.25) is 9.57 Å². The Kier molecular flexibility index (Phi) is 4.34. The highest BCUT2D eigenvalue weighted by Crippen LogP contribution is 2.51. The Balaban J connectivity index is 2.08. The van der Waals surface area contributed by atoms with Gasteiger partial charge in [-0.15, -0.1) is 0 Å². The molecule has 2 heterocycles. The summed E-state index contributed by atoms with van der Waals surface area (Å²) in [5.41, 5.74) is 0.676. The van der Waals surface area contributed by atoms with E-state index in [4.69, 9.17) is 21.1 Å². The Morgan fingerprint density at radius 2 is 1.96 bits per heavy atom. The van der Waals surface area contributed by atoms with E-state index in [1.165, 1.54) is 6.20 Å². The molecule has 0 spiro atoms. The van der Waals surface area contributed by atoms with Crippen molar-refractivity contribution in [1.29, 1.82) is 0 Å². The molecule has 6 N–H and O–H groups in total. The summed E-state index contributed by atoms with van der Waals surface area (Å²) in [5, 5.41) is 49.0. The zero-order valence-electron chi connectivity index (χ0n) is 12.1. The summed E-state index contributed by atoms with van der Waals surface area (Å²) in [7, 11) is 0. The molecule has 1 aromatic heterocycles. The van der Waals surface area contributed by atoms with E-state index in [9.17, 15) is 25.5 Å². The Morgan fingerprint density at radius 1 is 1.29 bits per heavy atom. The van der Waals surface area contributed by atoms with Gasteiger partial charge < -0.3 is 40.0 Å². The molecule has 0 radical (unpaired) electrons. The number of hydrogen-bond acceptors (Lipinski definition) is 7. The average Bonchev–Trinajstić information content (AvgIpc) is 2.95. The molecule has 0 bridgehead atoms. The maximum Gasteiger partial charge on any atom is 0.283 e.